The van der Waals surface area contributed by atoms with Gasteiger partial charge in [-0.2, -0.15) is 13.2 Å². The van der Waals surface area contributed by atoms with E-state index in [2.05, 4.69) is 26.6 Å². The second-order valence-electron chi connectivity index (χ2n) is 8.72. The Morgan fingerprint density at radius 3 is 2.71 bits per heavy atom. The number of hydrogen-bond acceptors (Lipinski definition) is 5. The van der Waals surface area contributed by atoms with Crippen LogP contribution in [-0.2, 0) is 12.7 Å². The number of halogens is 5. The SMILES string of the molecule is FC(F)(F)c1cccc(N2CCNC(c3cnc4c(c3)N(Cc3cc(Cl)ccc3Cl)CCN4)C2)c1. The Hall–Kier alpha value is -2.68. The van der Waals surface area contributed by atoms with E-state index in [4.69, 9.17) is 23.2 Å². The quantitative estimate of drug-likeness (QED) is 0.441. The highest BCUT2D eigenvalue weighted by molar-refractivity contribution is 6.33. The summed E-state index contributed by atoms with van der Waals surface area (Å²) in [5.74, 6) is 0.795. The monoisotopic (exact) mass is 521 g/mol. The summed E-state index contributed by atoms with van der Waals surface area (Å²) in [5, 5.41) is 8.12. The maximum atomic E-state index is 13.2. The maximum absolute atomic E-state index is 13.2. The molecule has 35 heavy (non-hydrogen) atoms. The van der Waals surface area contributed by atoms with E-state index in [0.29, 0.717) is 41.9 Å². The highest BCUT2D eigenvalue weighted by Gasteiger charge is 2.31. The van der Waals surface area contributed by atoms with Crippen molar-refractivity contribution in [1.29, 1.82) is 0 Å². The summed E-state index contributed by atoms with van der Waals surface area (Å²) < 4.78 is 39.6. The van der Waals surface area contributed by atoms with Crippen molar-refractivity contribution >= 4 is 40.4 Å². The second kappa shape index (κ2) is 9.76. The molecule has 1 aromatic heterocycles. The Morgan fingerprint density at radius 2 is 1.89 bits per heavy atom. The largest absolute Gasteiger partial charge is 0.416 e. The summed E-state index contributed by atoms with van der Waals surface area (Å²) in [6.45, 7) is 3.93. The summed E-state index contributed by atoms with van der Waals surface area (Å²) in [7, 11) is 0. The Bertz CT molecular complexity index is 1220. The third kappa shape index (κ3) is 5.29. The number of fused-ring (bicyclic) bond motifs is 1. The summed E-state index contributed by atoms with van der Waals surface area (Å²) >= 11 is 12.6. The standard InChI is InChI=1S/C25H24Cl2F3N5/c26-19-4-5-21(27)17(10-19)14-35-9-7-32-24-23(35)11-16(13-33-24)22-15-34(8-6-31-22)20-3-1-2-18(12-20)25(28,29)30/h1-5,10-13,22,31H,6-9,14-15H2,(H,32,33). The third-order valence-corrected chi connectivity index (χ3v) is 6.99. The van der Waals surface area contributed by atoms with E-state index in [1.54, 1.807) is 18.2 Å². The van der Waals surface area contributed by atoms with Crippen LogP contribution in [0.1, 0.15) is 22.7 Å². The molecule has 1 unspecified atom stereocenters. The lowest BCUT2D eigenvalue weighted by atomic mass is 10.0. The van der Waals surface area contributed by atoms with Crippen LogP contribution < -0.4 is 20.4 Å². The average molecular weight is 522 g/mol. The van der Waals surface area contributed by atoms with Crippen LogP contribution in [0.3, 0.4) is 0 Å². The Kier molecular flexibility index (Phi) is 6.70. The average Bonchev–Trinajstić information content (AvgIpc) is 2.86. The third-order valence-electron chi connectivity index (χ3n) is 6.39. The first kappa shape index (κ1) is 24.0. The Labute approximate surface area is 211 Å². The molecule has 5 nitrogen and oxygen atoms in total. The van der Waals surface area contributed by atoms with Gasteiger partial charge in [0.25, 0.3) is 0 Å². The minimum atomic E-state index is -4.37. The number of alkyl halides is 3. The molecule has 0 amide bonds. The molecule has 2 aromatic carbocycles. The van der Waals surface area contributed by atoms with Crippen molar-refractivity contribution in [2.45, 2.75) is 18.8 Å². The molecule has 184 valence electrons. The first-order chi connectivity index (χ1) is 16.8. The van der Waals surface area contributed by atoms with Crippen LogP contribution in [0.25, 0.3) is 0 Å². The molecule has 3 heterocycles. The van der Waals surface area contributed by atoms with E-state index in [1.165, 1.54) is 12.1 Å². The van der Waals surface area contributed by atoms with Gasteiger partial charge in [-0.15, -0.1) is 0 Å². The molecule has 0 aliphatic carbocycles. The zero-order valence-corrected chi connectivity index (χ0v) is 20.3. The minimum Gasteiger partial charge on any atom is -0.368 e. The van der Waals surface area contributed by atoms with Crippen molar-refractivity contribution in [2.75, 3.05) is 47.8 Å². The van der Waals surface area contributed by atoms with Gasteiger partial charge in [-0.05, 0) is 53.6 Å². The number of anilines is 3. The zero-order valence-electron chi connectivity index (χ0n) is 18.7. The van der Waals surface area contributed by atoms with Gasteiger partial charge < -0.3 is 20.4 Å². The Balaban J connectivity index is 1.38. The molecule has 1 fully saturated rings. The highest BCUT2D eigenvalue weighted by Crippen LogP contribution is 2.35. The maximum Gasteiger partial charge on any atom is 0.416 e. The molecule has 0 saturated carbocycles. The van der Waals surface area contributed by atoms with Crippen LogP contribution in [0, 0.1) is 0 Å². The molecule has 1 atom stereocenters. The predicted molar refractivity (Wildman–Crippen MR) is 135 cm³/mol. The first-order valence-electron chi connectivity index (χ1n) is 11.4. The number of hydrogen-bond donors (Lipinski definition) is 2. The van der Waals surface area contributed by atoms with Gasteiger partial charge in [0.1, 0.15) is 5.82 Å². The number of piperazine rings is 1. The second-order valence-corrected chi connectivity index (χ2v) is 9.56. The molecule has 5 rings (SSSR count). The molecular formula is C25H24Cl2F3N5. The molecular weight excluding hydrogens is 498 g/mol. The topological polar surface area (TPSA) is 43.4 Å². The van der Waals surface area contributed by atoms with Crippen LogP contribution >= 0.6 is 23.2 Å². The van der Waals surface area contributed by atoms with Crippen molar-refractivity contribution in [2.24, 2.45) is 0 Å². The number of benzene rings is 2. The van der Waals surface area contributed by atoms with Crippen molar-refractivity contribution < 1.29 is 13.2 Å². The lowest BCUT2D eigenvalue weighted by molar-refractivity contribution is -0.137. The molecule has 2 aliphatic rings. The van der Waals surface area contributed by atoms with Crippen LogP contribution in [-0.4, -0.2) is 37.7 Å². The molecule has 1 saturated heterocycles. The fraction of sp³-hybridized carbons (Fsp3) is 0.320. The van der Waals surface area contributed by atoms with Gasteiger partial charge in [0.15, 0.2) is 0 Å². The van der Waals surface area contributed by atoms with Crippen LogP contribution in [0.15, 0.2) is 54.7 Å². The van der Waals surface area contributed by atoms with Crippen molar-refractivity contribution in [3.05, 3.63) is 81.5 Å². The van der Waals surface area contributed by atoms with Gasteiger partial charge in [-0.3, -0.25) is 0 Å². The van der Waals surface area contributed by atoms with Crippen LogP contribution in [0.5, 0.6) is 0 Å². The predicted octanol–water partition coefficient (Wildman–Crippen LogP) is 5.99. The van der Waals surface area contributed by atoms with Crippen LogP contribution in [0.4, 0.5) is 30.4 Å². The first-order valence-corrected chi connectivity index (χ1v) is 12.1. The highest BCUT2D eigenvalue weighted by atomic mass is 35.5. The summed E-state index contributed by atoms with van der Waals surface area (Å²) in [4.78, 5) is 8.85. The van der Waals surface area contributed by atoms with Gasteiger partial charge in [0.2, 0.25) is 0 Å². The smallest absolute Gasteiger partial charge is 0.368 e. The molecule has 0 radical (unpaired) electrons. The number of rotatable bonds is 4. The normalized spacial score (nSPS) is 18.3. The molecule has 3 aromatic rings. The van der Waals surface area contributed by atoms with E-state index in [-0.39, 0.29) is 6.04 Å². The number of aromatic nitrogens is 1. The molecule has 0 bridgehead atoms. The van der Waals surface area contributed by atoms with Crippen molar-refractivity contribution in [3.63, 3.8) is 0 Å². The van der Waals surface area contributed by atoms with E-state index in [1.807, 2.05) is 17.2 Å². The number of pyridine rings is 1. The number of nitrogens with zero attached hydrogens (tertiary/aromatic N) is 3. The lowest BCUT2D eigenvalue weighted by Crippen LogP contribution is -2.46. The summed E-state index contributed by atoms with van der Waals surface area (Å²) in [6, 6.07) is 13.0. The van der Waals surface area contributed by atoms with Gasteiger partial charge in [-0.1, -0.05) is 29.3 Å². The van der Waals surface area contributed by atoms with E-state index in [9.17, 15) is 13.2 Å². The summed E-state index contributed by atoms with van der Waals surface area (Å²) in [6.07, 6.45) is -2.54. The van der Waals surface area contributed by atoms with Crippen molar-refractivity contribution in [3.8, 4) is 0 Å². The van der Waals surface area contributed by atoms with Gasteiger partial charge in [-0.25, -0.2) is 4.98 Å². The zero-order chi connectivity index (χ0) is 24.6. The van der Waals surface area contributed by atoms with E-state index < -0.39 is 11.7 Å². The minimum absolute atomic E-state index is 0.0744. The van der Waals surface area contributed by atoms with Crippen molar-refractivity contribution in [1.82, 2.24) is 10.3 Å². The number of nitrogens with one attached hydrogen (secondary N) is 2. The lowest BCUT2D eigenvalue weighted by Gasteiger charge is -2.37. The Morgan fingerprint density at radius 1 is 1.03 bits per heavy atom. The van der Waals surface area contributed by atoms with E-state index in [0.717, 1.165) is 41.8 Å². The molecule has 0 spiro atoms. The van der Waals surface area contributed by atoms with Gasteiger partial charge >= 0.3 is 6.18 Å². The molecule has 2 N–H and O–H groups in total. The van der Waals surface area contributed by atoms with Gasteiger partial charge in [0.05, 0.1) is 17.3 Å². The summed E-state index contributed by atoms with van der Waals surface area (Å²) in [5.41, 5.74) is 2.80. The molecule has 10 heteroatoms. The van der Waals surface area contributed by atoms with Gasteiger partial charge in [0, 0.05) is 61.2 Å². The fourth-order valence-corrected chi connectivity index (χ4v) is 4.96. The van der Waals surface area contributed by atoms with E-state index >= 15 is 0 Å². The fourth-order valence-electron chi connectivity index (χ4n) is 4.59. The molecule has 2 aliphatic heterocycles. The van der Waals surface area contributed by atoms with Crippen LogP contribution in [0.2, 0.25) is 10.0 Å².